The number of carbonyl (C=O) groups is 3. The van der Waals surface area contributed by atoms with Crippen LogP contribution in [0.15, 0.2) is 36.4 Å². The molecule has 6 heteroatoms. The van der Waals surface area contributed by atoms with Gasteiger partial charge in [0.25, 0.3) is 0 Å². The third kappa shape index (κ3) is 3.62. The minimum absolute atomic E-state index is 0.0654. The van der Waals surface area contributed by atoms with Gasteiger partial charge in [0.2, 0.25) is 17.7 Å². The Morgan fingerprint density at radius 1 is 1.16 bits per heavy atom. The molecule has 1 aliphatic heterocycles. The molecule has 0 unspecified atom stereocenters. The maximum absolute atomic E-state index is 12.9. The Balaban J connectivity index is 1.53. The van der Waals surface area contributed by atoms with Gasteiger partial charge in [-0.3, -0.25) is 19.3 Å². The molecule has 2 aliphatic rings. The van der Waals surface area contributed by atoms with E-state index in [9.17, 15) is 18.8 Å². The molecule has 3 atom stereocenters. The van der Waals surface area contributed by atoms with Gasteiger partial charge in [-0.25, -0.2) is 4.39 Å². The molecule has 0 radical (unpaired) electrons. The van der Waals surface area contributed by atoms with Crippen LogP contribution in [0.5, 0.6) is 0 Å². The van der Waals surface area contributed by atoms with Crippen molar-refractivity contribution in [3.8, 4) is 0 Å². The average Bonchev–Trinajstić information content (AvgIpc) is 2.85. The summed E-state index contributed by atoms with van der Waals surface area (Å²) >= 11 is 0. The number of allylic oxidation sites excluding steroid dienone is 2. The molecule has 1 aliphatic carbocycles. The molecule has 25 heavy (non-hydrogen) atoms. The largest absolute Gasteiger partial charge is 0.350 e. The zero-order valence-corrected chi connectivity index (χ0v) is 14.1. The SMILES string of the molecule is C[C@H](NC(=O)CCN1C(=O)[C@H]2CC=CC[C@@H]2C1=O)c1ccc(F)cc1. The van der Waals surface area contributed by atoms with Crippen LogP contribution in [0.3, 0.4) is 0 Å². The van der Waals surface area contributed by atoms with Gasteiger partial charge in [-0.1, -0.05) is 24.3 Å². The molecule has 1 aromatic rings. The van der Waals surface area contributed by atoms with E-state index >= 15 is 0 Å². The summed E-state index contributed by atoms with van der Waals surface area (Å²) in [6, 6.07) is 5.65. The number of rotatable bonds is 5. The number of benzene rings is 1. The summed E-state index contributed by atoms with van der Waals surface area (Å²) in [5.41, 5.74) is 0.792. The first kappa shape index (κ1) is 17.3. The van der Waals surface area contributed by atoms with Crippen molar-refractivity contribution in [2.45, 2.75) is 32.2 Å². The van der Waals surface area contributed by atoms with Gasteiger partial charge in [0.05, 0.1) is 17.9 Å². The van der Waals surface area contributed by atoms with Crippen LogP contribution in [-0.4, -0.2) is 29.2 Å². The average molecular weight is 344 g/mol. The number of imide groups is 1. The highest BCUT2D eigenvalue weighted by molar-refractivity contribution is 6.05. The topological polar surface area (TPSA) is 66.5 Å². The number of hydrogen-bond donors (Lipinski definition) is 1. The number of nitrogens with zero attached hydrogens (tertiary/aromatic N) is 1. The molecule has 0 spiro atoms. The lowest BCUT2D eigenvalue weighted by molar-refractivity contribution is -0.140. The lowest BCUT2D eigenvalue weighted by Gasteiger charge is -2.17. The third-order valence-electron chi connectivity index (χ3n) is 4.91. The molecule has 0 bridgehead atoms. The van der Waals surface area contributed by atoms with Crippen LogP contribution in [0.25, 0.3) is 0 Å². The lowest BCUT2D eigenvalue weighted by Crippen LogP contribution is -2.36. The fourth-order valence-electron chi connectivity index (χ4n) is 3.45. The van der Waals surface area contributed by atoms with E-state index in [1.54, 1.807) is 19.1 Å². The Morgan fingerprint density at radius 2 is 1.72 bits per heavy atom. The van der Waals surface area contributed by atoms with Crippen molar-refractivity contribution in [2.24, 2.45) is 11.8 Å². The van der Waals surface area contributed by atoms with E-state index in [1.165, 1.54) is 17.0 Å². The molecule has 0 aromatic heterocycles. The molecule has 3 amide bonds. The van der Waals surface area contributed by atoms with Gasteiger partial charge in [-0.05, 0) is 37.5 Å². The monoisotopic (exact) mass is 344 g/mol. The Hall–Kier alpha value is -2.50. The normalized spacial score (nSPS) is 23.5. The van der Waals surface area contributed by atoms with Crippen molar-refractivity contribution >= 4 is 17.7 Å². The molecule has 1 saturated heterocycles. The van der Waals surface area contributed by atoms with Crippen LogP contribution < -0.4 is 5.32 Å². The van der Waals surface area contributed by atoms with Crippen LogP contribution in [0.4, 0.5) is 4.39 Å². The second-order valence-electron chi connectivity index (χ2n) is 6.57. The van der Waals surface area contributed by atoms with Gasteiger partial charge in [-0.2, -0.15) is 0 Å². The highest BCUT2D eigenvalue weighted by Crippen LogP contribution is 2.34. The molecule has 5 nitrogen and oxygen atoms in total. The summed E-state index contributed by atoms with van der Waals surface area (Å²) in [5, 5.41) is 2.81. The quantitative estimate of drug-likeness (QED) is 0.659. The van der Waals surface area contributed by atoms with Gasteiger partial charge in [0.1, 0.15) is 5.82 Å². The predicted molar refractivity (Wildman–Crippen MR) is 89.6 cm³/mol. The van der Waals surface area contributed by atoms with Gasteiger partial charge in [-0.15, -0.1) is 0 Å². The molecular formula is C19H21FN2O3. The highest BCUT2D eigenvalue weighted by Gasteiger charge is 2.46. The summed E-state index contributed by atoms with van der Waals surface area (Å²) in [7, 11) is 0. The molecule has 1 N–H and O–H groups in total. The smallest absolute Gasteiger partial charge is 0.233 e. The van der Waals surface area contributed by atoms with Crippen LogP contribution in [0.2, 0.25) is 0 Å². The van der Waals surface area contributed by atoms with Gasteiger partial charge in [0, 0.05) is 13.0 Å². The summed E-state index contributed by atoms with van der Waals surface area (Å²) < 4.78 is 12.9. The first-order valence-electron chi connectivity index (χ1n) is 8.52. The Kier molecular flexibility index (Phi) is 4.97. The standard InChI is InChI=1S/C19H21FN2O3/c1-12(13-6-8-14(20)9-7-13)21-17(23)10-11-22-18(24)15-4-2-3-5-16(15)19(22)25/h2-3,6-9,12,15-16H,4-5,10-11H2,1H3,(H,21,23)/t12-,15-,16-/m0/s1. The molecule has 1 fully saturated rings. The number of carbonyl (C=O) groups excluding carboxylic acids is 3. The van der Waals surface area contributed by atoms with E-state index in [4.69, 9.17) is 0 Å². The van der Waals surface area contributed by atoms with E-state index in [-0.39, 0.29) is 54.4 Å². The fraction of sp³-hybridized carbons (Fsp3) is 0.421. The lowest BCUT2D eigenvalue weighted by atomic mass is 9.85. The molecule has 0 saturated carbocycles. The maximum atomic E-state index is 12.9. The zero-order valence-electron chi connectivity index (χ0n) is 14.1. The molecule has 1 heterocycles. The highest BCUT2D eigenvalue weighted by atomic mass is 19.1. The van der Waals surface area contributed by atoms with Crippen LogP contribution in [-0.2, 0) is 14.4 Å². The fourth-order valence-corrected chi connectivity index (χ4v) is 3.45. The van der Waals surface area contributed by atoms with Gasteiger partial charge < -0.3 is 5.32 Å². The molecule has 3 rings (SSSR count). The summed E-state index contributed by atoms with van der Waals surface area (Å²) in [6.07, 6.45) is 5.13. The number of likely N-dealkylation sites (tertiary alicyclic amines) is 1. The Labute approximate surface area is 145 Å². The second-order valence-corrected chi connectivity index (χ2v) is 6.57. The van der Waals surface area contributed by atoms with Crippen LogP contribution >= 0.6 is 0 Å². The number of amides is 3. The van der Waals surface area contributed by atoms with E-state index in [0.717, 1.165) is 5.56 Å². The van der Waals surface area contributed by atoms with Crippen molar-refractivity contribution < 1.29 is 18.8 Å². The minimum Gasteiger partial charge on any atom is -0.350 e. The number of nitrogens with one attached hydrogen (secondary N) is 1. The summed E-state index contributed by atoms with van der Waals surface area (Å²) in [4.78, 5) is 38.0. The Morgan fingerprint density at radius 3 is 2.28 bits per heavy atom. The van der Waals surface area contributed by atoms with Crippen molar-refractivity contribution in [1.82, 2.24) is 10.2 Å². The molecule has 1 aromatic carbocycles. The molecular weight excluding hydrogens is 323 g/mol. The predicted octanol–water partition coefficient (Wildman–Crippen LogP) is 2.34. The summed E-state index contributed by atoms with van der Waals surface area (Å²) in [6.45, 7) is 1.91. The van der Waals surface area contributed by atoms with E-state index < -0.39 is 0 Å². The zero-order chi connectivity index (χ0) is 18.0. The van der Waals surface area contributed by atoms with E-state index in [1.807, 2.05) is 12.2 Å². The van der Waals surface area contributed by atoms with Crippen molar-refractivity contribution in [1.29, 1.82) is 0 Å². The number of hydrogen-bond acceptors (Lipinski definition) is 3. The van der Waals surface area contributed by atoms with Gasteiger partial charge in [0.15, 0.2) is 0 Å². The Bertz CT molecular complexity index is 688. The summed E-state index contributed by atoms with van der Waals surface area (Å²) in [5.74, 6) is -1.44. The first-order chi connectivity index (χ1) is 12.0. The number of fused-ring (bicyclic) bond motifs is 1. The third-order valence-corrected chi connectivity index (χ3v) is 4.91. The van der Waals surface area contributed by atoms with Crippen molar-refractivity contribution in [3.05, 3.63) is 47.8 Å². The van der Waals surface area contributed by atoms with Crippen LogP contribution in [0, 0.1) is 17.7 Å². The minimum atomic E-state index is -0.329. The number of halogens is 1. The maximum Gasteiger partial charge on any atom is 0.233 e. The van der Waals surface area contributed by atoms with Crippen molar-refractivity contribution in [2.75, 3.05) is 6.54 Å². The first-order valence-corrected chi connectivity index (χ1v) is 8.52. The van der Waals surface area contributed by atoms with E-state index in [2.05, 4.69) is 5.32 Å². The van der Waals surface area contributed by atoms with Crippen molar-refractivity contribution in [3.63, 3.8) is 0 Å². The van der Waals surface area contributed by atoms with Gasteiger partial charge >= 0.3 is 0 Å². The van der Waals surface area contributed by atoms with Crippen LogP contribution in [0.1, 0.15) is 37.8 Å². The second kappa shape index (κ2) is 7.17. The molecule has 132 valence electrons. The van der Waals surface area contributed by atoms with E-state index in [0.29, 0.717) is 12.8 Å².